The molecular formula is C17H27ClN4OS. The predicted octanol–water partition coefficient (Wildman–Crippen LogP) is 3.80. The first-order valence-corrected chi connectivity index (χ1v) is 9.83. The lowest BCUT2D eigenvalue weighted by Crippen LogP contribution is -2.46. The fraction of sp³-hybridized carbons (Fsp3) is 0.765. The Bertz CT molecular complexity index is 595. The van der Waals surface area contributed by atoms with Crippen LogP contribution in [-0.2, 0) is 11.2 Å². The first kappa shape index (κ1) is 18.1. The molecule has 0 amide bonds. The number of nitrogens with zero attached hydrogens (tertiary/aromatic N) is 2. The molecule has 0 radical (unpaired) electrons. The van der Waals surface area contributed by atoms with E-state index in [1.54, 1.807) is 0 Å². The highest BCUT2D eigenvalue weighted by Gasteiger charge is 2.27. The van der Waals surface area contributed by atoms with E-state index in [4.69, 9.17) is 28.6 Å². The summed E-state index contributed by atoms with van der Waals surface area (Å²) in [6.45, 7) is 6.07. The molecule has 24 heavy (non-hydrogen) atoms. The third kappa shape index (κ3) is 4.48. The second-order valence-electron chi connectivity index (χ2n) is 6.73. The van der Waals surface area contributed by atoms with Gasteiger partial charge in [-0.05, 0) is 43.7 Å². The molecule has 0 spiro atoms. The van der Waals surface area contributed by atoms with E-state index in [1.807, 2.05) is 0 Å². The largest absolute Gasteiger partial charge is 0.379 e. The van der Waals surface area contributed by atoms with Gasteiger partial charge in [0.15, 0.2) is 0 Å². The molecule has 1 aliphatic carbocycles. The number of rotatable bonds is 5. The van der Waals surface area contributed by atoms with Crippen molar-refractivity contribution in [1.82, 2.24) is 14.9 Å². The number of H-pyrrole nitrogens is 1. The van der Waals surface area contributed by atoms with Gasteiger partial charge in [0.2, 0.25) is 5.28 Å². The molecule has 1 saturated heterocycles. The summed E-state index contributed by atoms with van der Waals surface area (Å²) in [7, 11) is 0. The average molecular weight is 371 g/mol. The highest BCUT2D eigenvalue weighted by molar-refractivity contribution is 7.71. The third-order valence-corrected chi connectivity index (χ3v) is 5.61. The number of aromatic nitrogens is 2. The van der Waals surface area contributed by atoms with E-state index < -0.39 is 0 Å². The van der Waals surface area contributed by atoms with E-state index in [-0.39, 0.29) is 0 Å². The first-order valence-electron chi connectivity index (χ1n) is 9.04. The molecule has 0 aromatic carbocycles. The van der Waals surface area contributed by atoms with Gasteiger partial charge in [-0.3, -0.25) is 4.90 Å². The number of ether oxygens (including phenoxy) is 1. The summed E-state index contributed by atoms with van der Waals surface area (Å²) in [4.78, 5) is 9.95. The molecule has 1 aromatic heterocycles. The predicted molar refractivity (Wildman–Crippen MR) is 100 cm³/mol. The molecule has 134 valence electrons. The minimum absolute atomic E-state index is 0.365. The maximum atomic E-state index is 6.07. The zero-order chi connectivity index (χ0) is 16.9. The second kappa shape index (κ2) is 8.61. The summed E-state index contributed by atoms with van der Waals surface area (Å²) in [5.41, 5.74) is 1.09. The SMILES string of the molecule is CCCc1c(NC2CCC(N3CCOCC3)CC2)[nH]c(Cl)nc1=S. The van der Waals surface area contributed by atoms with Crippen LogP contribution >= 0.6 is 23.8 Å². The fourth-order valence-electron chi connectivity index (χ4n) is 3.81. The van der Waals surface area contributed by atoms with Crippen molar-refractivity contribution in [1.29, 1.82) is 0 Å². The van der Waals surface area contributed by atoms with Crippen molar-refractivity contribution < 1.29 is 4.74 Å². The van der Waals surface area contributed by atoms with Gasteiger partial charge >= 0.3 is 0 Å². The van der Waals surface area contributed by atoms with Crippen molar-refractivity contribution in [2.75, 3.05) is 31.6 Å². The molecule has 0 bridgehead atoms. The van der Waals surface area contributed by atoms with Crippen LogP contribution in [0.3, 0.4) is 0 Å². The number of hydrogen-bond acceptors (Lipinski definition) is 5. The molecule has 2 heterocycles. The molecule has 5 nitrogen and oxygen atoms in total. The van der Waals surface area contributed by atoms with Crippen molar-refractivity contribution in [2.24, 2.45) is 0 Å². The zero-order valence-corrected chi connectivity index (χ0v) is 15.9. The number of hydrogen-bond donors (Lipinski definition) is 2. The van der Waals surface area contributed by atoms with Gasteiger partial charge in [-0.1, -0.05) is 25.6 Å². The number of anilines is 1. The summed E-state index contributed by atoms with van der Waals surface area (Å²) < 4.78 is 6.08. The van der Waals surface area contributed by atoms with E-state index in [1.165, 1.54) is 25.7 Å². The summed E-state index contributed by atoms with van der Waals surface area (Å²) in [5.74, 6) is 0.969. The van der Waals surface area contributed by atoms with Crippen LogP contribution in [0.1, 0.15) is 44.6 Å². The maximum absolute atomic E-state index is 6.07. The molecule has 0 atom stereocenters. The lowest BCUT2D eigenvalue weighted by Gasteiger charge is -2.39. The average Bonchev–Trinajstić information content (AvgIpc) is 2.59. The third-order valence-electron chi connectivity index (χ3n) is 5.10. The molecule has 2 N–H and O–H groups in total. The zero-order valence-electron chi connectivity index (χ0n) is 14.3. The van der Waals surface area contributed by atoms with Gasteiger partial charge in [0.1, 0.15) is 10.5 Å². The number of halogens is 1. The molecule has 7 heteroatoms. The molecule has 2 fully saturated rings. The highest BCUT2D eigenvalue weighted by Crippen LogP contribution is 2.27. The van der Waals surface area contributed by atoms with E-state index in [2.05, 4.69) is 27.1 Å². The Morgan fingerprint density at radius 3 is 2.67 bits per heavy atom. The van der Waals surface area contributed by atoms with Crippen LogP contribution in [0.2, 0.25) is 5.28 Å². The monoisotopic (exact) mass is 370 g/mol. The fourth-order valence-corrected chi connectivity index (χ4v) is 4.33. The minimum Gasteiger partial charge on any atom is -0.379 e. The van der Waals surface area contributed by atoms with E-state index in [9.17, 15) is 0 Å². The van der Waals surface area contributed by atoms with Crippen molar-refractivity contribution in [3.63, 3.8) is 0 Å². The maximum Gasteiger partial charge on any atom is 0.202 e. The van der Waals surface area contributed by atoms with E-state index >= 15 is 0 Å². The van der Waals surface area contributed by atoms with Crippen molar-refractivity contribution in [3.05, 3.63) is 15.5 Å². The molecule has 2 aliphatic rings. The Hall–Kier alpha value is -0.690. The summed E-state index contributed by atoms with van der Waals surface area (Å²) in [6, 6.07) is 1.18. The second-order valence-corrected chi connectivity index (χ2v) is 7.48. The molecule has 0 unspecified atom stereocenters. The van der Waals surface area contributed by atoms with Crippen molar-refractivity contribution >= 4 is 29.6 Å². The summed E-state index contributed by atoms with van der Waals surface area (Å²) >= 11 is 11.5. The first-order chi connectivity index (χ1) is 11.7. The van der Waals surface area contributed by atoms with Gasteiger partial charge in [-0.2, -0.15) is 0 Å². The van der Waals surface area contributed by atoms with Gasteiger partial charge in [0.05, 0.1) is 13.2 Å². The van der Waals surface area contributed by atoms with Crippen LogP contribution in [0, 0.1) is 4.64 Å². The number of nitrogens with one attached hydrogen (secondary N) is 2. The van der Waals surface area contributed by atoms with Crippen LogP contribution in [0.4, 0.5) is 5.82 Å². The summed E-state index contributed by atoms with van der Waals surface area (Å²) in [6.07, 6.45) is 6.78. The normalized spacial score (nSPS) is 25.6. The van der Waals surface area contributed by atoms with Crippen LogP contribution < -0.4 is 5.32 Å². The highest BCUT2D eigenvalue weighted by atomic mass is 35.5. The van der Waals surface area contributed by atoms with Crippen LogP contribution in [0.25, 0.3) is 0 Å². The van der Waals surface area contributed by atoms with Gasteiger partial charge in [0.25, 0.3) is 0 Å². The van der Waals surface area contributed by atoms with E-state index in [0.29, 0.717) is 22.0 Å². The Morgan fingerprint density at radius 2 is 2.00 bits per heavy atom. The molecular weight excluding hydrogens is 344 g/mol. The molecule has 1 aromatic rings. The smallest absolute Gasteiger partial charge is 0.202 e. The lowest BCUT2D eigenvalue weighted by molar-refractivity contribution is 0.00790. The Labute approximate surface area is 154 Å². The topological polar surface area (TPSA) is 53.2 Å². The van der Waals surface area contributed by atoms with Gasteiger partial charge < -0.3 is 15.0 Å². The van der Waals surface area contributed by atoms with Gasteiger partial charge in [0, 0.05) is 30.7 Å². The van der Waals surface area contributed by atoms with Gasteiger partial charge in [-0.15, -0.1) is 0 Å². The number of aromatic amines is 1. The number of morpholine rings is 1. The van der Waals surface area contributed by atoms with E-state index in [0.717, 1.165) is 50.5 Å². The molecule has 3 rings (SSSR count). The molecule has 1 saturated carbocycles. The van der Waals surface area contributed by atoms with Crippen LogP contribution in [0.5, 0.6) is 0 Å². The molecule has 1 aliphatic heterocycles. The minimum atomic E-state index is 0.365. The Balaban J connectivity index is 1.60. The lowest BCUT2D eigenvalue weighted by atomic mass is 9.90. The van der Waals surface area contributed by atoms with Gasteiger partial charge in [-0.25, -0.2) is 4.98 Å². The van der Waals surface area contributed by atoms with Crippen molar-refractivity contribution in [3.8, 4) is 0 Å². The van der Waals surface area contributed by atoms with Crippen molar-refractivity contribution in [2.45, 2.75) is 57.5 Å². The Morgan fingerprint density at radius 1 is 1.29 bits per heavy atom. The standard InChI is InChI=1S/C17H27ClN4OS/c1-2-3-14-15(20-17(18)21-16(14)24)19-12-4-6-13(7-5-12)22-8-10-23-11-9-22/h12-13H,2-11H2,1H3,(H2,19,20,21,24). The van der Waals surface area contributed by atoms with Crippen LogP contribution in [-0.4, -0.2) is 53.3 Å². The quantitative estimate of drug-likeness (QED) is 0.610. The van der Waals surface area contributed by atoms with Crippen LogP contribution in [0.15, 0.2) is 0 Å². The Kier molecular flexibility index (Phi) is 6.49. The summed E-state index contributed by atoms with van der Waals surface area (Å²) in [5, 5.41) is 4.01.